The monoisotopic (exact) mass is 196 g/mol. The molecule has 2 heteroatoms. The van der Waals surface area contributed by atoms with E-state index in [1.807, 2.05) is 6.08 Å². The van der Waals surface area contributed by atoms with E-state index in [-0.39, 0.29) is 0 Å². The van der Waals surface area contributed by atoms with E-state index in [2.05, 4.69) is 30.6 Å². The van der Waals surface area contributed by atoms with Gasteiger partial charge in [0.05, 0.1) is 0 Å². The molecule has 1 saturated heterocycles. The summed E-state index contributed by atoms with van der Waals surface area (Å²) in [6.07, 6.45) is 5.80. The quantitative estimate of drug-likeness (QED) is 0.654. The molecule has 1 atom stereocenters. The van der Waals surface area contributed by atoms with E-state index in [0.717, 1.165) is 19.0 Å². The van der Waals surface area contributed by atoms with Gasteiger partial charge in [-0.25, -0.2) is 0 Å². The summed E-state index contributed by atoms with van der Waals surface area (Å²) in [6, 6.07) is 1.37. The van der Waals surface area contributed by atoms with Crippen LogP contribution in [0, 0.1) is 0 Å². The topological polar surface area (TPSA) is 15.3 Å². The lowest BCUT2D eigenvalue weighted by molar-refractivity contribution is 0.206. The fourth-order valence-corrected chi connectivity index (χ4v) is 2.01. The summed E-state index contributed by atoms with van der Waals surface area (Å²) < 4.78 is 0. The Morgan fingerprint density at radius 1 is 1.57 bits per heavy atom. The number of rotatable bonds is 6. The van der Waals surface area contributed by atoms with Crippen LogP contribution in [0.1, 0.15) is 33.1 Å². The van der Waals surface area contributed by atoms with Crippen molar-refractivity contribution in [3.05, 3.63) is 12.7 Å². The van der Waals surface area contributed by atoms with Gasteiger partial charge in [-0.15, -0.1) is 6.58 Å². The highest BCUT2D eigenvalue weighted by molar-refractivity contribution is 4.80. The SMILES string of the molecule is C=CCCN(CC1CCCN1)C(C)C. The average molecular weight is 196 g/mol. The molecule has 1 aliphatic heterocycles. The van der Waals surface area contributed by atoms with Crippen molar-refractivity contribution in [1.29, 1.82) is 0 Å². The molecule has 0 bridgehead atoms. The van der Waals surface area contributed by atoms with Gasteiger partial charge < -0.3 is 5.32 Å². The molecule has 1 unspecified atom stereocenters. The van der Waals surface area contributed by atoms with Gasteiger partial charge in [0.25, 0.3) is 0 Å². The molecule has 82 valence electrons. The van der Waals surface area contributed by atoms with Crippen LogP contribution >= 0.6 is 0 Å². The maximum absolute atomic E-state index is 3.78. The Morgan fingerprint density at radius 3 is 2.86 bits per heavy atom. The molecule has 14 heavy (non-hydrogen) atoms. The van der Waals surface area contributed by atoms with Gasteiger partial charge in [0.2, 0.25) is 0 Å². The van der Waals surface area contributed by atoms with E-state index >= 15 is 0 Å². The summed E-state index contributed by atoms with van der Waals surface area (Å²) in [5.74, 6) is 0. The van der Waals surface area contributed by atoms with Crippen molar-refractivity contribution in [1.82, 2.24) is 10.2 Å². The second-order valence-corrected chi connectivity index (χ2v) is 4.46. The van der Waals surface area contributed by atoms with Gasteiger partial charge in [-0.2, -0.15) is 0 Å². The minimum Gasteiger partial charge on any atom is -0.313 e. The Hall–Kier alpha value is -0.340. The molecule has 0 aromatic heterocycles. The zero-order valence-electron chi connectivity index (χ0n) is 9.63. The van der Waals surface area contributed by atoms with Crippen LogP contribution in [0.2, 0.25) is 0 Å². The first kappa shape index (κ1) is 11.7. The van der Waals surface area contributed by atoms with Gasteiger partial charge in [0.15, 0.2) is 0 Å². The minimum absolute atomic E-state index is 0.650. The highest BCUT2D eigenvalue weighted by Gasteiger charge is 2.18. The molecular weight excluding hydrogens is 172 g/mol. The Morgan fingerprint density at radius 2 is 2.36 bits per heavy atom. The molecule has 0 aliphatic carbocycles. The van der Waals surface area contributed by atoms with Crippen LogP contribution in [0.3, 0.4) is 0 Å². The molecule has 1 fully saturated rings. The zero-order valence-corrected chi connectivity index (χ0v) is 9.63. The van der Waals surface area contributed by atoms with Gasteiger partial charge in [-0.3, -0.25) is 4.90 Å². The third kappa shape index (κ3) is 3.81. The first-order chi connectivity index (χ1) is 6.74. The molecular formula is C12H24N2. The van der Waals surface area contributed by atoms with Crippen molar-refractivity contribution in [2.24, 2.45) is 0 Å². The standard InChI is InChI=1S/C12H24N2/c1-4-5-9-14(11(2)3)10-12-7-6-8-13-12/h4,11-13H,1,5-10H2,2-3H3. The van der Waals surface area contributed by atoms with E-state index in [1.54, 1.807) is 0 Å². The fraction of sp³-hybridized carbons (Fsp3) is 0.833. The normalized spacial score (nSPS) is 22.1. The first-order valence-corrected chi connectivity index (χ1v) is 5.82. The van der Waals surface area contributed by atoms with Gasteiger partial charge in [0, 0.05) is 25.2 Å². The van der Waals surface area contributed by atoms with Crippen LogP contribution < -0.4 is 5.32 Å². The molecule has 0 aromatic carbocycles. The molecule has 1 aliphatic rings. The highest BCUT2D eigenvalue weighted by atomic mass is 15.2. The number of nitrogens with zero attached hydrogens (tertiary/aromatic N) is 1. The molecule has 0 aromatic rings. The summed E-state index contributed by atoms with van der Waals surface area (Å²) in [4.78, 5) is 2.55. The molecule has 1 heterocycles. The highest BCUT2D eigenvalue weighted by Crippen LogP contribution is 2.09. The van der Waals surface area contributed by atoms with Crippen molar-refractivity contribution in [2.45, 2.75) is 45.2 Å². The molecule has 0 radical (unpaired) electrons. The predicted molar refractivity (Wildman–Crippen MR) is 62.5 cm³/mol. The van der Waals surface area contributed by atoms with Crippen LogP contribution in [-0.2, 0) is 0 Å². The molecule has 2 nitrogen and oxygen atoms in total. The Labute approximate surface area is 88.4 Å². The molecule has 1 N–H and O–H groups in total. The van der Waals surface area contributed by atoms with Crippen LogP contribution in [-0.4, -0.2) is 36.6 Å². The van der Waals surface area contributed by atoms with Crippen LogP contribution in [0.25, 0.3) is 0 Å². The predicted octanol–water partition coefficient (Wildman–Crippen LogP) is 2.02. The van der Waals surface area contributed by atoms with E-state index < -0.39 is 0 Å². The van der Waals surface area contributed by atoms with Gasteiger partial charge in [-0.05, 0) is 39.7 Å². The molecule has 1 rings (SSSR count). The van der Waals surface area contributed by atoms with Crippen molar-refractivity contribution >= 4 is 0 Å². The first-order valence-electron chi connectivity index (χ1n) is 5.82. The number of hydrogen-bond donors (Lipinski definition) is 1. The fourth-order valence-electron chi connectivity index (χ4n) is 2.01. The second-order valence-electron chi connectivity index (χ2n) is 4.46. The van der Waals surface area contributed by atoms with Crippen molar-refractivity contribution in [3.63, 3.8) is 0 Å². The molecule has 0 saturated carbocycles. The van der Waals surface area contributed by atoms with E-state index in [4.69, 9.17) is 0 Å². The van der Waals surface area contributed by atoms with Crippen molar-refractivity contribution in [2.75, 3.05) is 19.6 Å². The maximum atomic E-state index is 3.78. The second kappa shape index (κ2) is 6.20. The lowest BCUT2D eigenvalue weighted by atomic mass is 10.2. The van der Waals surface area contributed by atoms with E-state index in [0.29, 0.717) is 6.04 Å². The van der Waals surface area contributed by atoms with E-state index in [9.17, 15) is 0 Å². The lowest BCUT2D eigenvalue weighted by Crippen LogP contribution is -2.41. The van der Waals surface area contributed by atoms with Gasteiger partial charge in [0.1, 0.15) is 0 Å². The van der Waals surface area contributed by atoms with Crippen LogP contribution in [0.5, 0.6) is 0 Å². The summed E-state index contributed by atoms with van der Waals surface area (Å²) in [5, 5.41) is 3.55. The maximum Gasteiger partial charge on any atom is 0.0195 e. The summed E-state index contributed by atoms with van der Waals surface area (Å²) in [6.45, 7) is 11.9. The largest absolute Gasteiger partial charge is 0.313 e. The van der Waals surface area contributed by atoms with Gasteiger partial charge >= 0.3 is 0 Å². The Balaban J connectivity index is 2.29. The molecule has 0 amide bonds. The number of nitrogens with one attached hydrogen (secondary N) is 1. The Kier molecular flexibility index (Phi) is 5.20. The molecule has 0 spiro atoms. The van der Waals surface area contributed by atoms with E-state index in [1.165, 1.54) is 25.9 Å². The summed E-state index contributed by atoms with van der Waals surface area (Å²) >= 11 is 0. The summed E-state index contributed by atoms with van der Waals surface area (Å²) in [7, 11) is 0. The smallest absolute Gasteiger partial charge is 0.0195 e. The Bertz CT molecular complexity index is 160. The lowest BCUT2D eigenvalue weighted by Gasteiger charge is -2.28. The third-order valence-corrected chi connectivity index (χ3v) is 2.97. The minimum atomic E-state index is 0.650. The average Bonchev–Trinajstić information content (AvgIpc) is 2.64. The van der Waals surface area contributed by atoms with Crippen molar-refractivity contribution < 1.29 is 0 Å². The third-order valence-electron chi connectivity index (χ3n) is 2.97. The van der Waals surface area contributed by atoms with Crippen LogP contribution in [0.15, 0.2) is 12.7 Å². The zero-order chi connectivity index (χ0) is 10.4. The number of hydrogen-bond acceptors (Lipinski definition) is 2. The van der Waals surface area contributed by atoms with Crippen LogP contribution in [0.4, 0.5) is 0 Å². The van der Waals surface area contributed by atoms with Crippen molar-refractivity contribution in [3.8, 4) is 0 Å². The van der Waals surface area contributed by atoms with Gasteiger partial charge in [-0.1, -0.05) is 6.08 Å². The summed E-state index contributed by atoms with van der Waals surface area (Å²) in [5.41, 5.74) is 0.